The summed E-state index contributed by atoms with van der Waals surface area (Å²) < 4.78 is 7.25. The lowest BCUT2D eigenvalue weighted by Crippen LogP contribution is -2.17. The fourth-order valence-corrected chi connectivity index (χ4v) is 3.86. The molecule has 0 radical (unpaired) electrons. The zero-order chi connectivity index (χ0) is 15.2. The average Bonchev–Trinajstić information content (AvgIpc) is 2.45. The molecular formula is C17H19Br2NO. The van der Waals surface area contributed by atoms with Crippen molar-refractivity contribution in [2.24, 2.45) is 0 Å². The fraction of sp³-hybridized carbons (Fsp3) is 0.294. The van der Waals surface area contributed by atoms with Gasteiger partial charge in [-0.3, -0.25) is 0 Å². The molecule has 0 saturated carbocycles. The average molecular weight is 413 g/mol. The first kappa shape index (κ1) is 16.5. The molecule has 0 aliphatic heterocycles. The number of benzene rings is 2. The number of nitrogens with one attached hydrogen (secondary N) is 1. The van der Waals surface area contributed by atoms with Gasteiger partial charge >= 0.3 is 0 Å². The Morgan fingerprint density at radius 1 is 1.10 bits per heavy atom. The first-order chi connectivity index (χ1) is 10.1. The number of methoxy groups -OCH3 is 1. The molecule has 1 N–H and O–H groups in total. The Kier molecular flexibility index (Phi) is 6.27. The number of rotatable bonds is 6. The van der Waals surface area contributed by atoms with Crippen molar-refractivity contribution in [1.29, 1.82) is 0 Å². The number of aryl methyl sites for hydroxylation is 1. The van der Waals surface area contributed by atoms with Crippen molar-refractivity contribution in [3.05, 3.63) is 62.0 Å². The molecule has 0 unspecified atom stereocenters. The van der Waals surface area contributed by atoms with Crippen LogP contribution in [-0.2, 0) is 13.0 Å². The maximum atomic E-state index is 5.31. The summed E-state index contributed by atoms with van der Waals surface area (Å²) in [6, 6.07) is 12.7. The molecule has 2 aromatic rings. The third-order valence-corrected chi connectivity index (χ3v) is 4.60. The summed E-state index contributed by atoms with van der Waals surface area (Å²) in [5, 5.41) is 3.49. The molecule has 0 atom stereocenters. The Labute approximate surface area is 143 Å². The summed E-state index contributed by atoms with van der Waals surface area (Å²) in [5.41, 5.74) is 3.98. The molecule has 112 valence electrons. The summed E-state index contributed by atoms with van der Waals surface area (Å²) >= 11 is 7.06. The van der Waals surface area contributed by atoms with Crippen LogP contribution < -0.4 is 10.1 Å². The van der Waals surface area contributed by atoms with E-state index in [1.54, 1.807) is 7.11 Å². The SMILES string of the molecule is COc1c(Br)cc(CNCCc2ccccc2C)cc1Br. The van der Waals surface area contributed by atoms with Crippen molar-refractivity contribution in [1.82, 2.24) is 5.32 Å². The first-order valence-corrected chi connectivity index (χ1v) is 8.47. The van der Waals surface area contributed by atoms with Gasteiger partial charge in [0.05, 0.1) is 16.1 Å². The lowest BCUT2D eigenvalue weighted by Gasteiger charge is -2.11. The number of halogens is 2. The molecule has 4 heteroatoms. The molecule has 0 saturated heterocycles. The molecule has 0 spiro atoms. The zero-order valence-corrected chi connectivity index (χ0v) is 15.4. The van der Waals surface area contributed by atoms with Crippen LogP contribution in [0.15, 0.2) is 45.3 Å². The predicted octanol–water partition coefficient (Wildman–Crippen LogP) is 4.86. The van der Waals surface area contributed by atoms with Crippen molar-refractivity contribution >= 4 is 31.9 Å². The van der Waals surface area contributed by atoms with Gasteiger partial charge in [0.1, 0.15) is 5.75 Å². The zero-order valence-electron chi connectivity index (χ0n) is 12.2. The molecule has 2 rings (SSSR count). The highest BCUT2D eigenvalue weighted by atomic mass is 79.9. The second kappa shape index (κ2) is 7.97. The molecule has 0 amide bonds. The molecule has 0 fully saturated rings. The highest BCUT2D eigenvalue weighted by molar-refractivity contribution is 9.11. The van der Waals surface area contributed by atoms with E-state index in [1.807, 2.05) is 0 Å². The van der Waals surface area contributed by atoms with E-state index < -0.39 is 0 Å². The maximum Gasteiger partial charge on any atom is 0.147 e. The Morgan fingerprint density at radius 2 is 1.76 bits per heavy atom. The molecule has 2 aromatic carbocycles. The summed E-state index contributed by atoms with van der Waals surface area (Å²) in [7, 11) is 1.67. The smallest absolute Gasteiger partial charge is 0.147 e. The maximum absolute atomic E-state index is 5.31. The van der Waals surface area contributed by atoms with Crippen molar-refractivity contribution in [2.75, 3.05) is 13.7 Å². The Balaban J connectivity index is 1.88. The predicted molar refractivity (Wildman–Crippen MR) is 95.0 cm³/mol. The summed E-state index contributed by atoms with van der Waals surface area (Å²) in [6.07, 6.45) is 1.05. The van der Waals surface area contributed by atoms with Crippen molar-refractivity contribution < 1.29 is 4.74 Å². The second-order valence-electron chi connectivity index (χ2n) is 4.95. The Bertz CT molecular complexity index is 590. The summed E-state index contributed by atoms with van der Waals surface area (Å²) in [4.78, 5) is 0. The largest absolute Gasteiger partial charge is 0.494 e. The van der Waals surface area contributed by atoms with E-state index in [9.17, 15) is 0 Å². The van der Waals surface area contributed by atoms with Crippen LogP contribution in [0.4, 0.5) is 0 Å². The van der Waals surface area contributed by atoms with Crippen LogP contribution in [0, 0.1) is 6.92 Å². The second-order valence-corrected chi connectivity index (χ2v) is 6.65. The lowest BCUT2D eigenvalue weighted by molar-refractivity contribution is 0.409. The van der Waals surface area contributed by atoms with E-state index in [0.29, 0.717) is 0 Å². The van der Waals surface area contributed by atoms with Crippen LogP contribution in [0.2, 0.25) is 0 Å². The molecule has 0 aliphatic rings. The van der Waals surface area contributed by atoms with Gasteiger partial charge < -0.3 is 10.1 Å². The van der Waals surface area contributed by atoms with Gasteiger partial charge in [-0.1, -0.05) is 24.3 Å². The van der Waals surface area contributed by atoms with E-state index in [2.05, 4.69) is 80.5 Å². The molecule has 0 heterocycles. The van der Waals surface area contributed by atoms with Crippen molar-refractivity contribution in [3.63, 3.8) is 0 Å². The van der Waals surface area contributed by atoms with Gasteiger partial charge in [-0.15, -0.1) is 0 Å². The highest BCUT2D eigenvalue weighted by Gasteiger charge is 2.07. The van der Waals surface area contributed by atoms with Crippen molar-refractivity contribution in [2.45, 2.75) is 19.9 Å². The van der Waals surface area contributed by atoms with Crippen LogP contribution >= 0.6 is 31.9 Å². The highest BCUT2D eigenvalue weighted by Crippen LogP contribution is 2.34. The van der Waals surface area contributed by atoms with Gasteiger partial charge in [0.25, 0.3) is 0 Å². The molecule has 0 aliphatic carbocycles. The van der Waals surface area contributed by atoms with E-state index in [1.165, 1.54) is 16.7 Å². The molecule has 21 heavy (non-hydrogen) atoms. The molecular weight excluding hydrogens is 394 g/mol. The van der Waals surface area contributed by atoms with Crippen molar-refractivity contribution in [3.8, 4) is 5.75 Å². The molecule has 2 nitrogen and oxygen atoms in total. The summed E-state index contributed by atoms with van der Waals surface area (Å²) in [5.74, 6) is 0.832. The third-order valence-electron chi connectivity index (χ3n) is 3.42. The van der Waals surface area contributed by atoms with Crippen LogP contribution in [-0.4, -0.2) is 13.7 Å². The summed E-state index contributed by atoms with van der Waals surface area (Å²) in [6.45, 7) is 3.96. The van der Waals surface area contributed by atoms with Gasteiger partial charge in [0.2, 0.25) is 0 Å². The Hall–Kier alpha value is -0.840. The first-order valence-electron chi connectivity index (χ1n) is 6.89. The van der Waals surface area contributed by atoms with Gasteiger partial charge in [-0.05, 0) is 80.6 Å². The van der Waals surface area contributed by atoms with E-state index in [4.69, 9.17) is 4.74 Å². The minimum atomic E-state index is 0.832. The fourth-order valence-electron chi connectivity index (χ4n) is 2.26. The van der Waals surface area contributed by atoms with E-state index in [-0.39, 0.29) is 0 Å². The Morgan fingerprint density at radius 3 is 2.38 bits per heavy atom. The number of ether oxygens (including phenoxy) is 1. The number of hydrogen-bond acceptors (Lipinski definition) is 2. The van der Waals surface area contributed by atoms with Gasteiger partial charge in [-0.25, -0.2) is 0 Å². The standard InChI is InChI=1S/C17H19Br2NO/c1-12-5-3-4-6-14(12)7-8-20-11-13-9-15(18)17(21-2)16(19)10-13/h3-6,9-10,20H,7-8,11H2,1-2H3. The quantitative estimate of drug-likeness (QED) is 0.684. The van der Waals surface area contributed by atoms with Gasteiger partial charge in [0.15, 0.2) is 0 Å². The van der Waals surface area contributed by atoms with E-state index in [0.717, 1.165) is 34.2 Å². The number of hydrogen-bond donors (Lipinski definition) is 1. The lowest BCUT2D eigenvalue weighted by atomic mass is 10.1. The minimum Gasteiger partial charge on any atom is -0.494 e. The van der Waals surface area contributed by atoms with E-state index >= 15 is 0 Å². The molecule has 0 aromatic heterocycles. The minimum absolute atomic E-state index is 0.832. The van der Waals surface area contributed by atoms with Crippen LogP contribution in [0.3, 0.4) is 0 Å². The topological polar surface area (TPSA) is 21.3 Å². The van der Waals surface area contributed by atoms with Crippen LogP contribution in [0.25, 0.3) is 0 Å². The monoisotopic (exact) mass is 411 g/mol. The van der Waals surface area contributed by atoms with Gasteiger partial charge in [0, 0.05) is 6.54 Å². The van der Waals surface area contributed by atoms with Gasteiger partial charge in [-0.2, -0.15) is 0 Å². The molecule has 0 bridgehead atoms. The van der Waals surface area contributed by atoms with Crippen LogP contribution in [0.5, 0.6) is 5.75 Å². The third kappa shape index (κ3) is 4.56. The normalized spacial score (nSPS) is 10.7. The van der Waals surface area contributed by atoms with Crippen LogP contribution in [0.1, 0.15) is 16.7 Å².